The molecule has 1 aliphatic rings. The molecule has 140 valence electrons. The fourth-order valence-electron chi connectivity index (χ4n) is 2.90. The van der Waals surface area contributed by atoms with Gasteiger partial charge in [-0.2, -0.15) is 18.4 Å². The van der Waals surface area contributed by atoms with Gasteiger partial charge in [-0.3, -0.25) is 0 Å². The van der Waals surface area contributed by atoms with E-state index in [9.17, 15) is 26.9 Å². The number of sulfone groups is 1. The first kappa shape index (κ1) is 19.7. The average Bonchev–Trinajstić information content (AvgIpc) is 2.92. The topological polar surface area (TPSA) is 85.0 Å². The SMILES string of the molecule is N#CC1(CCCS(=O)(=O)Cc2nccn2CC(F)(F)F)CCOCC1. The van der Waals surface area contributed by atoms with Gasteiger partial charge in [-0.05, 0) is 25.7 Å². The van der Waals surface area contributed by atoms with Crippen molar-refractivity contribution in [2.24, 2.45) is 5.41 Å². The van der Waals surface area contributed by atoms with Gasteiger partial charge in [0.05, 0.1) is 17.2 Å². The van der Waals surface area contributed by atoms with E-state index in [0.717, 1.165) is 17.0 Å². The maximum Gasteiger partial charge on any atom is 0.406 e. The van der Waals surface area contributed by atoms with Crippen LogP contribution in [0.4, 0.5) is 13.2 Å². The van der Waals surface area contributed by atoms with Crippen LogP contribution in [0.25, 0.3) is 0 Å². The number of aromatic nitrogens is 2. The zero-order chi connectivity index (χ0) is 18.6. The summed E-state index contributed by atoms with van der Waals surface area (Å²) in [6, 6.07) is 2.27. The summed E-state index contributed by atoms with van der Waals surface area (Å²) in [6.07, 6.45) is -0.312. The lowest BCUT2D eigenvalue weighted by molar-refractivity contribution is -0.141. The second-order valence-corrected chi connectivity index (χ2v) is 8.47. The van der Waals surface area contributed by atoms with E-state index >= 15 is 0 Å². The number of hydrogen-bond donors (Lipinski definition) is 0. The maximum absolute atomic E-state index is 12.5. The largest absolute Gasteiger partial charge is 0.406 e. The van der Waals surface area contributed by atoms with Crippen LogP contribution in [0, 0.1) is 16.7 Å². The van der Waals surface area contributed by atoms with E-state index in [4.69, 9.17) is 4.74 Å². The second kappa shape index (κ2) is 7.74. The third-order valence-corrected chi connectivity index (χ3v) is 5.91. The van der Waals surface area contributed by atoms with E-state index in [1.54, 1.807) is 0 Å². The molecule has 1 saturated heterocycles. The molecule has 2 heterocycles. The molecule has 25 heavy (non-hydrogen) atoms. The highest BCUT2D eigenvalue weighted by Gasteiger charge is 2.33. The Morgan fingerprint density at radius 1 is 1.36 bits per heavy atom. The Balaban J connectivity index is 1.92. The van der Waals surface area contributed by atoms with Crippen molar-refractivity contribution in [3.63, 3.8) is 0 Å². The standard InChI is InChI=1S/C15H20F3N3O3S/c16-15(17,18)12-21-6-5-20-13(21)10-25(22,23)9-1-2-14(11-19)3-7-24-8-4-14/h5-6H,1-4,7-10,12H2. The predicted octanol–water partition coefficient (Wildman–Crippen LogP) is 2.46. The summed E-state index contributed by atoms with van der Waals surface area (Å²) in [5.74, 6) is -0.854. The van der Waals surface area contributed by atoms with Crippen LogP contribution in [-0.2, 0) is 26.9 Å². The Morgan fingerprint density at radius 3 is 2.64 bits per heavy atom. The van der Waals surface area contributed by atoms with Gasteiger partial charge in [0.1, 0.15) is 18.1 Å². The van der Waals surface area contributed by atoms with Crippen LogP contribution >= 0.6 is 0 Å². The highest BCUT2D eigenvalue weighted by Crippen LogP contribution is 2.34. The van der Waals surface area contributed by atoms with Gasteiger partial charge in [-0.1, -0.05) is 0 Å². The van der Waals surface area contributed by atoms with Crippen molar-refractivity contribution in [1.29, 1.82) is 5.26 Å². The highest BCUT2D eigenvalue weighted by atomic mass is 32.2. The molecular weight excluding hydrogens is 359 g/mol. The van der Waals surface area contributed by atoms with Crippen LogP contribution in [0.15, 0.2) is 12.4 Å². The van der Waals surface area contributed by atoms with Gasteiger partial charge in [0.15, 0.2) is 9.84 Å². The summed E-state index contributed by atoms with van der Waals surface area (Å²) in [7, 11) is -3.61. The third kappa shape index (κ3) is 6.01. The summed E-state index contributed by atoms with van der Waals surface area (Å²) in [4.78, 5) is 3.73. The number of hydrogen-bond acceptors (Lipinski definition) is 5. The fourth-order valence-corrected chi connectivity index (χ4v) is 4.26. The molecule has 10 heteroatoms. The van der Waals surface area contributed by atoms with E-state index in [2.05, 4.69) is 11.1 Å². The Labute approximate surface area is 144 Å². The van der Waals surface area contributed by atoms with Crippen molar-refractivity contribution >= 4 is 9.84 Å². The molecule has 0 amide bonds. The molecule has 0 aromatic carbocycles. The van der Waals surface area contributed by atoms with Crippen LogP contribution in [-0.4, -0.2) is 43.1 Å². The molecule has 0 unspecified atom stereocenters. The van der Waals surface area contributed by atoms with E-state index in [0.29, 0.717) is 32.5 Å². The summed E-state index contributed by atoms with van der Waals surface area (Å²) < 4.78 is 67.9. The first-order valence-corrected chi connectivity index (χ1v) is 9.73. The molecule has 1 aromatic heterocycles. The van der Waals surface area contributed by atoms with E-state index in [1.807, 2.05) is 0 Å². The van der Waals surface area contributed by atoms with Crippen LogP contribution in [0.5, 0.6) is 0 Å². The van der Waals surface area contributed by atoms with E-state index < -0.39 is 33.7 Å². The quantitative estimate of drug-likeness (QED) is 0.727. The van der Waals surface area contributed by atoms with Crippen LogP contribution < -0.4 is 0 Å². The Hall–Kier alpha value is -1.60. The average molecular weight is 379 g/mol. The lowest BCUT2D eigenvalue weighted by Gasteiger charge is -2.30. The lowest BCUT2D eigenvalue weighted by Crippen LogP contribution is -2.29. The Morgan fingerprint density at radius 2 is 2.04 bits per heavy atom. The molecule has 0 aliphatic carbocycles. The van der Waals surface area contributed by atoms with E-state index in [-0.39, 0.29) is 18.0 Å². The van der Waals surface area contributed by atoms with Crippen molar-refractivity contribution in [3.8, 4) is 6.07 Å². The van der Waals surface area contributed by atoms with Gasteiger partial charge in [-0.15, -0.1) is 0 Å². The lowest BCUT2D eigenvalue weighted by atomic mass is 9.78. The molecule has 6 nitrogen and oxygen atoms in total. The minimum Gasteiger partial charge on any atom is -0.381 e. The van der Waals surface area contributed by atoms with Crippen molar-refractivity contribution in [2.45, 2.75) is 44.2 Å². The smallest absolute Gasteiger partial charge is 0.381 e. The normalized spacial score (nSPS) is 18.0. The summed E-state index contributed by atoms with van der Waals surface area (Å²) in [5.41, 5.74) is -0.567. The summed E-state index contributed by atoms with van der Waals surface area (Å²) in [6.45, 7) is -0.306. The monoisotopic (exact) mass is 379 g/mol. The predicted molar refractivity (Wildman–Crippen MR) is 83.1 cm³/mol. The molecule has 0 spiro atoms. The zero-order valence-corrected chi connectivity index (χ0v) is 14.4. The van der Waals surface area contributed by atoms with Gasteiger partial charge >= 0.3 is 6.18 Å². The number of ether oxygens (including phenoxy) is 1. The highest BCUT2D eigenvalue weighted by molar-refractivity contribution is 7.90. The van der Waals surface area contributed by atoms with Gasteiger partial charge < -0.3 is 9.30 Å². The van der Waals surface area contributed by atoms with Gasteiger partial charge in [-0.25, -0.2) is 13.4 Å². The third-order valence-electron chi connectivity index (χ3n) is 4.30. The fraction of sp³-hybridized carbons (Fsp3) is 0.733. The molecule has 0 saturated carbocycles. The minimum absolute atomic E-state index is 0.126. The van der Waals surface area contributed by atoms with Crippen LogP contribution in [0.3, 0.4) is 0 Å². The summed E-state index contributed by atoms with van der Waals surface area (Å²) in [5, 5.41) is 9.35. The van der Waals surface area contributed by atoms with Gasteiger partial charge in [0, 0.05) is 25.6 Å². The molecule has 1 fully saturated rings. The van der Waals surface area contributed by atoms with Crippen LogP contribution in [0.2, 0.25) is 0 Å². The minimum atomic E-state index is -4.44. The number of nitrogens with zero attached hydrogens (tertiary/aromatic N) is 3. The molecule has 1 aliphatic heterocycles. The molecule has 0 bridgehead atoms. The number of imidazole rings is 1. The van der Waals surface area contributed by atoms with Crippen LogP contribution in [0.1, 0.15) is 31.5 Å². The second-order valence-electron chi connectivity index (χ2n) is 6.29. The molecule has 1 aromatic rings. The van der Waals surface area contributed by atoms with Crippen molar-refractivity contribution in [3.05, 3.63) is 18.2 Å². The zero-order valence-electron chi connectivity index (χ0n) is 13.6. The molecule has 0 radical (unpaired) electrons. The van der Waals surface area contributed by atoms with Crippen molar-refractivity contribution in [2.75, 3.05) is 19.0 Å². The van der Waals surface area contributed by atoms with Crippen molar-refractivity contribution < 1.29 is 26.3 Å². The Bertz CT molecular complexity index is 716. The maximum atomic E-state index is 12.5. The number of alkyl halides is 3. The van der Waals surface area contributed by atoms with E-state index in [1.165, 1.54) is 0 Å². The molecular formula is C15H20F3N3O3S. The number of rotatable bonds is 7. The Kier molecular flexibility index (Phi) is 6.11. The van der Waals surface area contributed by atoms with Gasteiger partial charge in [0.2, 0.25) is 0 Å². The number of nitriles is 1. The van der Waals surface area contributed by atoms with Gasteiger partial charge in [0.25, 0.3) is 0 Å². The molecule has 0 N–H and O–H groups in total. The first-order valence-electron chi connectivity index (χ1n) is 7.91. The summed E-state index contributed by atoms with van der Waals surface area (Å²) >= 11 is 0. The molecule has 0 atom stereocenters. The number of halogens is 3. The molecule has 2 rings (SSSR count). The first-order chi connectivity index (χ1) is 11.6. The van der Waals surface area contributed by atoms with Crippen molar-refractivity contribution in [1.82, 2.24) is 9.55 Å².